The third-order valence-corrected chi connectivity index (χ3v) is 2.91. The van der Waals surface area contributed by atoms with Gasteiger partial charge in [0.1, 0.15) is 24.6 Å². The molecule has 0 spiro atoms. The highest BCUT2D eigenvalue weighted by molar-refractivity contribution is 5.94. The maximum absolute atomic E-state index is 11.1. The molecule has 22 heavy (non-hydrogen) atoms. The van der Waals surface area contributed by atoms with Crippen molar-refractivity contribution in [3.63, 3.8) is 0 Å². The molecule has 0 unspecified atom stereocenters. The molecule has 1 rings (SSSR count). The fraction of sp³-hybridized carbons (Fsp3) is 0.412. The Kier molecular flexibility index (Phi) is 8.60. The van der Waals surface area contributed by atoms with Crippen LogP contribution in [0.5, 0.6) is 5.75 Å². The van der Waals surface area contributed by atoms with Gasteiger partial charge in [0.15, 0.2) is 0 Å². The largest absolute Gasteiger partial charge is 0.497 e. The Bertz CT molecular complexity index is 494. The number of carbonyl (C=O) groups is 2. The summed E-state index contributed by atoms with van der Waals surface area (Å²) < 4.78 is 9.97. The van der Waals surface area contributed by atoms with Crippen LogP contribution in [-0.4, -0.2) is 38.6 Å². The SMILES string of the molecule is COc1ccc(CCNC/C=C/COC(=O)CC(C)=O)cc1. The van der Waals surface area contributed by atoms with Crippen LogP contribution in [0.25, 0.3) is 0 Å². The topological polar surface area (TPSA) is 64.6 Å². The Labute approximate surface area is 131 Å². The van der Waals surface area contributed by atoms with Crippen LogP contribution >= 0.6 is 0 Å². The third kappa shape index (κ3) is 8.21. The summed E-state index contributed by atoms with van der Waals surface area (Å²) in [5, 5.41) is 3.27. The minimum Gasteiger partial charge on any atom is -0.497 e. The molecule has 120 valence electrons. The number of ketones is 1. The van der Waals surface area contributed by atoms with E-state index in [4.69, 9.17) is 9.47 Å². The van der Waals surface area contributed by atoms with Gasteiger partial charge in [-0.25, -0.2) is 0 Å². The van der Waals surface area contributed by atoms with E-state index in [0.717, 1.165) is 18.7 Å². The maximum atomic E-state index is 11.1. The molecule has 0 saturated heterocycles. The van der Waals surface area contributed by atoms with E-state index in [1.165, 1.54) is 12.5 Å². The summed E-state index contributed by atoms with van der Waals surface area (Å²) in [6.07, 6.45) is 4.44. The van der Waals surface area contributed by atoms with Crippen LogP contribution in [-0.2, 0) is 20.7 Å². The molecule has 5 heteroatoms. The quantitative estimate of drug-likeness (QED) is 0.309. The summed E-state index contributed by atoms with van der Waals surface area (Å²) in [4.78, 5) is 21.8. The second-order valence-electron chi connectivity index (χ2n) is 4.84. The number of benzene rings is 1. The van der Waals surface area contributed by atoms with E-state index in [2.05, 4.69) is 5.32 Å². The van der Waals surface area contributed by atoms with Crippen LogP contribution < -0.4 is 10.1 Å². The average molecular weight is 305 g/mol. The molecule has 0 aliphatic rings. The van der Waals surface area contributed by atoms with E-state index in [1.54, 1.807) is 13.2 Å². The van der Waals surface area contributed by atoms with Crippen LogP contribution in [0.1, 0.15) is 18.9 Å². The first-order valence-corrected chi connectivity index (χ1v) is 7.25. The average Bonchev–Trinajstić information content (AvgIpc) is 2.49. The Morgan fingerprint density at radius 3 is 2.55 bits per heavy atom. The zero-order valence-electron chi connectivity index (χ0n) is 13.1. The fourth-order valence-corrected chi connectivity index (χ4v) is 1.76. The molecule has 0 aromatic heterocycles. The van der Waals surface area contributed by atoms with E-state index in [0.29, 0.717) is 6.54 Å². The maximum Gasteiger partial charge on any atom is 0.313 e. The number of nitrogens with one attached hydrogen (secondary N) is 1. The van der Waals surface area contributed by atoms with Gasteiger partial charge in [0.2, 0.25) is 0 Å². The van der Waals surface area contributed by atoms with Gasteiger partial charge in [0.05, 0.1) is 7.11 Å². The Hall–Kier alpha value is -2.14. The molecule has 0 bridgehead atoms. The zero-order valence-corrected chi connectivity index (χ0v) is 13.1. The normalized spacial score (nSPS) is 10.6. The summed E-state index contributed by atoms with van der Waals surface area (Å²) in [7, 11) is 1.65. The number of esters is 1. The summed E-state index contributed by atoms with van der Waals surface area (Å²) in [5.41, 5.74) is 1.25. The predicted molar refractivity (Wildman–Crippen MR) is 85.0 cm³/mol. The lowest BCUT2D eigenvalue weighted by atomic mass is 10.1. The first-order chi connectivity index (χ1) is 10.6. The molecule has 0 aliphatic heterocycles. The third-order valence-electron chi connectivity index (χ3n) is 2.91. The number of hydrogen-bond donors (Lipinski definition) is 1. The first kappa shape index (κ1) is 17.9. The summed E-state index contributed by atoms with van der Waals surface area (Å²) >= 11 is 0. The van der Waals surface area contributed by atoms with Crippen LogP contribution in [0.4, 0.5) is 0 Å². The van der Waals surface area contributed by atoms with E-state index in [9.17, 15) is 9.59 Å². The zero-order chi connectivity index (χ0) is 16.2. The van der Waals surface area contributed by atoms with Crippen molar-refractivity contribution >= 4 is 11.8 Å². The summed E-state index contributed by atoms with van der Waals surface area (Å²) in [5.74, 6) is 0.192. The molecule has 1 aromatic rings. The van der Waals surface area contributed by atoms with E-state index < -0.39 is 5.97 Å². The highest BCUT2D eigenvalue weighted by atomic mass is 16.5. The molecular formula is C17H23NO4. The second kappa shape index (κ2) is 10.6. The lowest BCUT2D eigenvalue weighted by Crippen LogP contribution is -2.17. The number of hydrogen-bond acceptors (Lipinski definition) is 5. The van der Waals surface area contributed by atoms with Crippen LogP contribution in [0.3, 0.4) is 0 Å². The van der Waals surface area contributed by atoms with Gasteiger partial charge in [0, 0.05) is 6.54 Å². The number of ether oxygens (including phenoxy) is 2. The lowest BCUT2D eigenvalue weighted by Gasteiger charge is -2.04. The van der Waals surface area contributed by atoms with E-state index >= 15 is 0 Å². The highest BCUT2D eigenvalue weighted by Crippen LogP contribution is 2.11. The van der Waals surface area contributed by atoms with Crippen molar-refractivity contribution in [3.05, 3.63) is 42.0 Å². The van der Waals surface area contributed by atoms with Gasteiger partial charge in [-0.2, -0.15) is 0 Å². The van der Waals surface area contributed by atoms with E-state index in [-0.39, 0.29) is 18.8 Å². The monoisotopic (exact) mass is 305 g/mol. The van der Waals surface area contributed by atoms with Gasteiger partial charge in [-0.1, -0.05) is 18.2 Å². The van der Waals surface area contributed by atoms with E-state index in [1.807, 2.05) is 30.3 Å². The molecule has 0 saturated carbocycles. The molecular weight excluding hydrogens is 282 g/mol. The predicted octanol–water partition coefficient (Wildman–Crippen LogP) is 1.91. The summed E-state index contributed by atoms with van der Waals surface area (Å²) in [6.45, 7) is 3.14. The van der Waals surface area contributed by atoms with Crippen LogP contribution in [0, 0.1) is 0 Å². The fourth-order valence-electron chi connectivity index (χ4n) is 1.76. The standard InChI is InChI=1S/C17H23NO4/c1-14(19)13-17(20)22-12-4-3-10-18-11-9-15-5-7-16(21-2)8-6-15/h3-8,18H,9-13H2,1-2H3/b4-3+. The number of Topliss-reactive ketones (excluding diaryl/α,β-unsaturated/α-hetero) is 1. The van der Waals surface area contributed by atoms with Crippen molar-refractivity contribution in [2.75, 3.05) is 26.8 Å². The van der Waals surface area contributed by atoms with Crippen LogP contribution in [0.15, 0.2) is 36.4 Å². The smallest absolute Gasteiger partial charge is 0.313 e. The second-order valence-corrected chi connectivity index (χ2v) is 4.84. The van der Waals surface area contributed by atoms with Crippen molar-refractivity contribution in [1.29, 1.82) is 0 Å². The summed E-state index contributed by atoms with van der Waals surface area (Å²) in [6, 6.07) is 7.99. The minimum absolute atomic E-state index is 0.159. The molecule has 0 fully saturated rings. The molecule has 5 nitrogen and oxygen atoms in total. The molecule has 0 atom stereocenters. The molecule has 0 amide bonds. The van der Waals surface area contributed by atoms with Crippen molar-refractivity contribution in [3.8, 4) is 5.75 Å². The van der Waals surface area contributed by atoms with Crippen LogP contribution in [0.2, 0.25) is 0 Å². The Morgan fingerprint density at radius 2 is 1.91 bits per heavy atom. The molecule has 0 radical (unpaired) electrons. The molecule has 0 heterocycles. The van der Waals surface area contributed by atoms with Gasteiger partial charge < -0.3 is 14.8 Å². The van der Waals surface area contributed by atoms with Gasteiger partial charge in [-0.05, 0) is 43.7 Å². The van der Waals surface area contributed by atoms with Gasteiger partial charge in [-0.3, -0.25) is 9.59 Å². The first-order valence-electron chi connectivity index (χ1n) is 7.25. The van der Waals surface area contributed by atoms with Crippen molar-refractivity contribution in [2.45, 2.75) is 19.8 Å². The molecule has 1 aromatic carbocycles. The minimum atomic E-state index is -0.482. The molecule has 0 aliphatic carbocycles. The Balaban J connectivity index is 2.06. The number of carbonyl (C=O) groups excluding carboxylic acids is 2. The van der Waals surface area contributed by atoms with Gasteiger partial charge >= 0.3 is 5.97 Å². The van der Waals surface area contributed by atoms with Crippen molar-refractivity contribution in [1.82, 2.24) is 5.32 Å². The Morgan fingerprint density at radius 1 is 1.18 bits per heavy atom. The number of rotatable bonds is 10. The van der Waals surface area contributed by atoms with Gasteiger partial charge in [-0.15, -0.1) is 0 Å². The highest BCUT2D eigenvalue weighted by Gasteiger charge is 2.04. The van der Waals surface area contributed by atoms with Crippen molar-refractivity contribution < 1.29 is 19.1 Å². The number of methoxy groups -OCH3 is 1. The molecule has 1 N–H and O–H groups in total. The van der Waals surface area contributed by atoms with Crippen molar-refractivity contribution in [2.24, 2.45) is 0 Å². The van der Waals surface area contributed by atoms with Gasteiger partial charge in [0.25, 0.3) is 0 Å². The lowest BCUT2D eigenvalue weighted by molar-refractivity contribution is -0.144.